The molecule has 0 saturated carbocycles. The number of aromatic nitrogens is 2. The number of nitrogens with two attached hydrogens (primary N) is 1. The summed E-state index contributed by atoms with van der Waals surface area (Å²) in [7, 11) is 3.86. The maximum Gasteiger partial charge on any atom is 0.0584 e. The molecule has 1 rings (SSSR count). The van der Waals surface area contributed by atoms with Crippen LogP contribution in [0.2, 0.25) is 0 Å². The highest BCUT2D eigenvalue weighted by atomic mass is 16.3. The third kappa shape index (κ3) is 2.81. The molecular weight excluding hydrogens is 204 g/mol. The monoisotopic (exact) mass is 226 g/mol. The molecule has 3 unspecified atom stereocenters. The minimum atomic E-state index is -0.0109. The molecule has 0 aliphatic carbocycles. The number of hydrogen-bond acceptors (Lipinski definition) is 4. The second kappa shape index (κ2) is 5.43. The number of likely N-dealkylation sites (N-methyl/N-ethyl adjacent to an activating group) is 1. The minimum absolute atomic E-state index is 0.0109. The van der Waals surface area contributed by atoms with E-state index in [0.717, 1.165) is 5.56 Å². The van der Waals surface area contributed by atoms with Crippen LogP contribution in [0.4, 0.5) is 0 Å². The molecule has 1 heterocycles. The summed E-state index contributed by atoms with van der Waals surface area (Å²) >= 11 is 0. The van der Waals surface area contributed by atoms with Crippen molar-refractivity contribution in [3.05, 3.63) is 18.0 Å². The molecule has 0 aromatic carbocycles. The molecule has 1 aromatic rings. The van der Waals surface area contributed by atoms with Crippen molar-refractivity contribution >= 4 is 0 Å². The first kappa shape index (κ1) is 13.2. The predicted octanol–water partition coefficient (Wildman–Crippen LogP) is 0.121. The molecular formula is C11H22N4O. The lowest BCUT2D eigenvalue weighted by Gasteiger charge is -2.34. The van der Waals surface area contributed by atoms with Gasteiger partial charge in [0.15, 0.2) is 0 Å². The van der Waals surface area contributed by atoms with Crippen LogP contribution in [0.1, 0.15) is 25.5 Å². The average Bonchev–Trinajstić information content (AvgIpc) is 2.63. The largest absolute Gasteiger partial charge is 0.395 e. The van der Waals surface area contributed by atoms with Crippen LogP contribution in [0.3, 0.4) is 0 Å². The molecule has 3 atom stereocenters. The van der Waals surface area contributed by atoms with Crippen molar-refractivity contribution in [3.8, 4) is 0 Å². The summed E-state index contributed by atoms with van der Waals surface area (Å²) in [6.45, 7) is 4.07. The summed E-state index contributed by atoms with van der Waals surface area (Å²) in [5.74, 6) is 0. The topological polar surface area (TPSA) is 67.3 Å². The van der Waals surface area contributed by atoms with E-state index in [2.05, 4.69) is 10.00 Å². The fraction of sp³-hybridized carbons (Fsp3) is 0.727. The van der Waals surface area contributed by atoms with Crippen molar-refractivity contribution in [2.24, 2.45) is 12.8 Å². The molecule has 16 heavy (non-hydrogen) atoms. The molecule has 5 heteroatoms. The van der Waals surface area contributed by atoms with Crippen molar-refractivity contribution in [3.63, 3.8) is 0 Å². The maximum atomic E-state index is 9.18. The molecule has 0 aliphatic rings. The van der Waals surface area contributed by atoms with Gasteiger partial charge in [-0.25, -0.2) is 0 Å². The van der Waals surface area contributed by atoms with Gasteiger partial charge in [0.1, 0.15) is 0 Å². The Morgan fingerprint density at radius 2 is 2.19 bits per heavy atom. The molecule has 0 saturated heterocycles. The van der Waals surface area contributed by atoms with Gasteiger partial charge in [0.2, 0.25) is 0 Å². The van der Waals surface area contributed by atoms with E-state index in [0.29, 0.717) is 0 Å². The zero-order valence-electron chi connectivity index (χ0n) is 10.5. The van der Waals surface area contributed by atoms with Crippen LogP contribution in [0, 0.1) is 0 Å². The third-order valence-electron chi connectivity index (χ3n) is 2.96. The molecule has 92 valence electrons. The summed E-state index contributed by atoms with van der Waals surface area (Å²) in [6, 6.07) is 0.148. The van der Waals surface area contributed by atoms with E-state index >= 15 is 0 Å². The second-order valence-electron chi connectivity index (χ2n) is 4.45. The van der Waals surface area contributed by atoms with Crippen LogP contribution in [0.5, 0.6) is 0 Å². The van der Waals surface area contributed by atoms with Gasteiger partial charge in [-0.15, -0.1) is 0 Å². The highest BCUT2D eigenvalue weighted by Gasteiger charge is 2.25. The van der Waals surface area contributed by atoms with Gasteiger partial charge in [-0.1, -0.05) is 0 Å². The average molecular weight is 226 g/mol. The van der Waals surface area contributed by atoms with Gasteiger partial charge in [0, 0.05) is 30.9 Å². The van der Waals surface area contributed by atoms with E-state index in [1.165, 1.54) is 0 Å². The zero-order chi connectivity index (χ0) is 12.3. The second-order valence-corrected chi connectivity index (χ2v) is 4.45. The number of aryl methyl sites for hydroxylation is 1. The van der Waals surface area contributed by atoms with Crippen LogP contribution in [0.15, 0.2) is 12.4 Å². The van der Waals surface area contributed by atoms with E-state index in [4.69, 9.17) is 5.73 Å². The summed E-state index contributed by atoms with van der Waals surface area (Å²) in [4.78, 5) is 2.08. The van der Waals surface area contributed by atoms with E-state index < -0.39 is 0 Å². The Morgan fingerprint density at radius 1 is 1.56 bits per heavy atom. The summed E-state index contributed by atoms with van der Waals surface area (Å²) < 4.78 is 1.77. The third-order valence-corrected chi connectivity index (χ3v) is 2.96. The van der Waals surface area contributed by atoms with Crippen molar-refractivity contribution in [1.29, 1.82) is 0 Å². The summed E-state index contributed by atoms with van der Waals surface area (Å²) in [5.41, 5.74) is 7.09. The van der Waals surface area contributed by atoms with Gasteiger partial charge in [-0.3, -0.25) is 9.58 Å². The van der Waals surface area contributed by atoms with Crippen LogP contribution in [-0.2, 0) is 7.05 Å². The van der Waals surface area contributed by atoms with Gasteiger partial charge >= 0.3 is 0 Å². The fourth-order valence-electron chi connectivity index (χ4n) is 1.91. The first-order valence-electron chi connectivity index (χ1n) is 5.54. The number of aliphatic hydroxyl groups excluding tert-OH is 1. The molecule has 0 amide bonds. The van der Waals surface area contributed by atoms with Crippen molar-refractivity contribution in [2.45, 2.75) is 32.0 Å². The Hall–Kier alpha value is -0.910. The van der Waals surface area contributed by atoms with E-state index in [-0.39, 0.29) is 24.7 Å². The summed E-state index contributed by atoms with van der Waals surface area (Å²) in [5, 5.41) is 13.3. The van der Waals surface area contributed by atoms with Crippen LogP contribution in [0.25, 0.3) is 0 Å². The van der Waals surface area contributed by atoms with E-state index in [1.54, 1.807) is 4.68 Å². The first-order chi connectivity index (χ1) is 7.47. The molecule has 0 radical (unpaired) electrons. The summed E-state index contributed by atoms with van der Waals surface area (Å²) in [6.07, 6.45) is 3.79. The van der Waals surface area contributed by atoms with Crippen LogP contribution >= 0.6 is 0 Å². The van der Waals surface area contributed by atoms with Gasteiger partial charge in [-0.05, 0) is 20.9 Å². The quantitative estimate of drug-likeness (QED) is 0.748. The van der Waals surface area contributed by atoms with Gasteiger partial charge < -0.3 is 10.8 Å². The minimum Gasteiger partial charge on any atom is -0.395 e. The zero-order valence-corrected chi connectivity index (χ0v) is 10.5. The number of rotatable bonds is 5. The maximum absolute atomic E-state index is 9.18. The fourth-order valence-corrected chi connectivity index (χ4v) is 1.91. The van der Waals surface area contributed by atoms with Crippen molar-refractivity contribution in [1.82, 2.24) is 14.7 Å². The smallest absolute Gasteiger partial charge is 0.0584 e. The van der Waals surface area contributed by atoms with Crippen molar-refractivity contribution < 1.29 is 5.11 Å². The van der Waals surface area contributed by atoms with Gasteiger partial charge in [0.05, 0.1) is 18.8 Å². The molecule has 3 N–H and O–H groups in total. The lowest BCUT2D eigenvalue weighted by molar-refractivity contribution is 0.109. The lowest BCUT2D eigenvalue weighted by Crippen LogP contribution is -2.43. The highest BCUT2D eigenvalue weighted by molar-refractivity contribution is 5.13. The Kier molecular flexibility index (Phi) is 4.46. The molecule has 1 aromatic heterocycles. The predicted molar refractivity (Wildman–Crippen MR) is 63.9 cm³/mol. The Morgan fingerprint density at radius 3 is 2.56 bits per heavy atom. The molecule has 0 spiro atoms. The number of hydrogen-bond donors (Lipinski definition) is 2. The Labute approximate surface area is 96.9 Å². The Balaban J connectivity index is 2.91. The van der Waals surface area contributed by atoms with Gasteiger partial charge in [-0.2, -0.15) is 5.10 Å². The van der Waals surface area contributed by atoms with Gasteiger partial charge in [0.25, 0.3) is 0 Å². The van der Waals surface area contributed by atoms with E-state index in [1.807, 2.05) is 40.3 Å². The Bertz CT molecular complexity index is 324. The number of nitrogens with zero attached hydrogens (tertiary/aromatic N) is 3. The molecule has 0 aliphatic heterocycles. The van der Waals surface area contributed by atoms with Crippen LogP contribution < -0.4 is 5.73 Å². The standard InChI is InChI=1S/C11H22N4O/c1-8(7-16)15(4)11(9(2)12)10-5-13-14(3)6-10/h5-6,8-9,11,16H,7,12H2,1-4H3. The lowest BCUT2D eigenvalue weighted by atomic mass is 10.0. The normalized spacial score (nSPS) is 17.4. The van der Waals surface area contributed by atoms with E-state index in [9.17, 15) is 5.11 Å². The molecule has 0 bridgehead atoms. The van der Waals surface area contributed by atoms with Crippen molar-refractivity contribution in [2.75, 3.05) is 13.7 Å². The molecule has 5 nitrogen and oxygen atoms in total. The molecule has 0 fully saturated rings. The highest BCUT2D eigenvalue weighted by Crippen LogP contribution is 2.23. The first-order valence-corrected chi connectivity index (χ1v) is 5.54. The van der Waals surface area contributed by atoms with Crippen LogP contribution in [-0.4, -0.2) is 45.5 Å². The SMILES string of the molecule is CC(N)C(c1cnn(C)c1)N(C)C(C)CO. The number of aliphatic hydroxyl groups is 1.